The lowest BCUT2D eigenvalue weighted by molar-refractivity contribution is 0.680. The first-order valence-electron chi connectivity index (χ1n) is 5.40. The number of nitrogens with one attached hydrogen (secondary N) is 1. The van der Waals surface area contributed by atoms with Crippen molar-refractivity contribution in [1.82, 2.24) is 10.3 Å². The van der Waals surface area contributed by atoms with Crippen LogP contribution in [0.5, 0.6) is 0 Å². The van der Waals surface area contributed by atoms with Gasteiger partial charge in [0.2, 0.25) is 0 Å². The van der Waals surface area contributed by atoms with E-state index < -0.39 is 0 Å². The molecule has 1 aromatic carbocycles. The van der Waals surface area contributed by atoms with Crippen molar-refractivity contribution in [2.24, 2.45) is 0 Å². The number of hydrogen-bond donors (Lipinski definition) is 1. The molecule has 0 amide bonds. The second-order valence-electron chi connectivity index (χ2n) is 3.94. The first-order chi connectivity index (χ1) is 7.77. The van der Waals surface area contributed by atoms with Gasteiger partial charge in [0.15, 0.2) is 0 Å². The zero-order valence-corrected chi connectivity index (χ0v) is 10.5. The van der Waals surface area contributed by atoms with Gasteiger partial charge in [-0.3, -0.25) is 0 Å². The zero-order valence-electron chi connectivity index (χ0n) is 9.66. The van der Waals surface area contributed by atoms with Crippen molar-refractivity contribution in [3.05, 3.63) is 51.5 Å². The van der Waals surface area contributed by atoms with Crippen molar-refractivity contribution in [2.45, 2.75) is 26.9 Å². The second-order valence-corrected chi connectivity index (χ2v) is 4.66. The molecule has 0 aliphatic heterocycles. The molecule has 1 aromatic heterocycles. The summed E-state index contributed by atoms with van der Waals surface area (Å²) in [6.07, 6.45) is 0. The number of aromatic nitrogens is 1. The van der Waals surface area contributed by atoms with Gasteiger partial charge < -0.3 is 5.32 Å². The maximum absolute atomic E-state index is 4.24. The first-order valence-corrected chi connectivity index (χ1v) is 6.34. The molecule has 16 heavy (non-hydrogen) atoms. The zero-order chi connectivity index (χ0) is 11.4. The molecule has 0 aliphatic rings. The Hall–Kier alpha value is -1.19. The monoisotopic (exact) mass is 232 g/mol. The Morgan fingerprint density at radius 1 is 1.25 bits per heavy atom. The summed E-state index contributed by atoms with van der Waals surface area (Å²) in [7, 11) is 0. The molecule has 0 atom stereocenters. The molecule has 0 unspecified atom stereocenters. The summed E-state index contributed by atoms with van der Waals surface area (Å²) in [6, 6.07) is 6.44. The van der Waals surface area contributed by atoms with Crippen molar-refractivity contribution in [3.63, 3.8) is 0 Å². The SMILES string of the molecule is Cc1cccc(CNCc2cscn2)c1C. The third kappa shape index (κ3) is 2.68. The highest BCUT2D eigenvalue weighted by molar-refractivity contribution is 7.07. The van der Waals surface area contributed by atoms with Gasteiger partial charge in [-0.25, -0.2) is 4.98 Å². The molecule has 0 spiro atoms. The Kier molecular flexibility index (Phi) is 3.70. The van der Waals surface area contributed by atoms with Crippen LogP contribution in [0.2, 0.25) is 0 Å². The Morgan fingerprint density at radius 3 is 2.88 bits per heavy atom. The summed E-state index contributed by atoms with van der Waals surface area (Å²) in [5, 5.41) is 5.50. The lowest BCUT2D eigenvalue weighted by atomic mass is 10.0. The molecule has 0 aliphatic carbocycles. The van der Waals surface area contributed by atoms with E-state index >= 15 is 0 Å². The largest absolute Gasteiger partial charge is 0.307 e. The van der Waals surface area contributed by atoms with Crippen LogP contribution in [0, 0.1) is 13.8 Å². The number of aryl methyl sites for hydroxylation is 1. The maximum atomic E-state index is 4.24. The van der Waals surface area contributed by atoms with Gasteiger partial charge >= 0.3 is 0 Å². The van der Waals surface area contributed by atoms with E-state index in [0.717, 1.165) is 18.8 Å². The van der Waals surface area contributed by atoms with Crippen LogP contribution in [0.15, 0.2) is 29.1 Å². The molecule has 2 rings (SSSR count). The fraction of sp³-hybridized carbons (Fsp3) is 0.308. The average molecular weight is 232 g/mol. The molecule has 1 heterocycles. The van der Waals surface area contributed by atoms with Crippen LogP contribution < -0.4 is 5.32 Å². The Bertz CT molecular complexity index is 449. The number of benzene rings is 1. The van der Waals surface area contributed by atoms with Crippen LogP contribution in [0.3, 0.4) is 0 Å². The molecular weight excluding hydrogens is 216 g/mol. The normalized spacial score (nSPS) is 10.6. The summed E-state index contributed by atoms with van der Waals surface area (Å²) in [5.41, 5.74) is 7.10. The number of hydrogen-bond acceptors (Lipinski definition) is 3. The molecule has 3 heteroatoms. The molecule has 84 valence electrons. The Labute approximate surface area is 100 Å². The predicted molar refractivity (Wildman–Crippen MR) is 68.6 cm³/mol. The number of rotatable bonds is 4. The summed E-state index contributed by atoms with van der Waals surface area (Å²) < 4.78 is 0. The van der Waals surface area contributed by atoms with E-state index in [1.807, 2.05) is 5.51 Å². The van der Waals surface area contributed by atoms with Gasteiger partial charge in [-0.05, 0) is 30.5 Å². The summed E-state index contributed by atoms with van der Waals surface area (Å²) in [4.78, 5) is 4.24. The molecule has 2 aromatic rings. The minimum atomic E-state index is 0.844. The molecule has 2 nitrogen and oxygen atoms in total. The lowest BCUT2D eigenvalue weighted by Gasteiger charge is -2.08. The maximum Gasteiger partial charge on any atom is 0.0795 e. The Balaban J connectivity index is 1.92. The third-order valence-corrected chi connectivity index (χ3v) is 3.46. The second kappa shape index (κ2) is 5.23. The third-order valence-electron chi connectivity index (χ3n) is 2.82. The fourth-order valence-corrected chi connectivity index (χ4v) is 2.21. The smallest absolute Gasteiger partial charge is 0.0795 e. The standard InChI is InChI=1S/C13H16N2S/c1-10-4-3-5-12(11(10)2)6-14-7-13-8-16-9-15-13/h3-5,8-9,14H,6-7H2,1-2H3. The van der Waals surface area contributed by atoms with Crippen LogP contribution in [-0.2, 0) is 13.1 Å². The topological polar surface area (TPSA) is 24.9 Å². The molecule has 1 N–H and O–H groups in total. The van der Waals surface area contributed by atoms with Gasteiger partial charge in [0.05, 0.1) is 11.2 Å². The van der Waals surface area contributed by atoms with E-state index in [9.17, 15) is 0 Å². The van der Waals surface area contributed by atoms with Crippen LogP contribution in [-0.4, -0.2) is 4.98 Å². The van der Waals surface area contributed by atoms with Gasteiger partial charge in [-0.1, -0.05) is 18.2 Å². The van der Waals surface area contributed by atoms with E-state index in [1.165, 1.54) is 16.7 Å². The lowest BCUT2D eigenvalue weighted by Crippen LogP contribution is -2.13. The molecule has 0 radical (unpaired) electrons. The van der Waals surface area contributed by atoms with Crippen molar-refractivity contribution < 1.29 is 0 Å². The van der Waals surface area contributed by atoms with Gasteiger partial charge in [0, 0.05) is 18.5 Å². The van der Waals surface area contributed by atoms with Crippen molar-refractivity contribution in [3.8, 4) is 0 Å². The highest BCUT2D eigenvalue weighted by atomic mass is 32.1. The minimum Gasteiger partial charge on any atom is -0.307 e. The van der Waals surface area contributed by atoms with Crippen molar-refractivity contribution in [1.29, 1.82) is 0 Å². The predicted octanol–water partition coefficient (Wildman–Crippen LogP) is 3.05. The molecule has 0 bridgehead atoms. The summed E-state index contributed by atoms with van der Waals surface area (Å²) in [5.74, 6) is 0. The molecule has 0 saturated heterocycles. The Morgan fingerprint density at radius 2 is 2.12 bits per heavy atom. The van der Waals surface area contributed by atoms with Crippen LogP contribution >= 0.6 is 11.3 Å². The van der Waals surface area contributed by atoms with Gasteiger partial charge in [-0.15, -0.1) is 11.3 Å². The summed E-state index contributed by atoms with van der Waals surface area (Å²) >= 11 is 1.64. The van der Waals surface area contributed by atoms with E-state index in [1.54, 1.807) is 11.3 Å². The fourth-order valence-electron chi connectivity index (χ4n) is 1.65. The van der Waals surface area contributed by atoms with Gasteiger partial charge in [-0.2, -0.15) is 0 Å². The van der Waals surface area contributed by atoms with E-state index in [0.29, 0.717) is 0 Å². The van der Waals surface area contributed by atoms with E-state index in [-0.39, 0.29) is 0 Å². The number of thiazole rings is 1. The highest BCUT2D eigenvalue weighted by Crippen LogP contribution is 2.12. The van der Waals surface area contributed by atoms with Crippen LogP contribution in [0.25, 0.3) is 0 Å². The first kappa shape index (κ1) is 11.3. The van der Waals surface area contributed by atoms with Gasteiger partial charge in [0.1, 0.15) is 0 Å². The average Bonchev–Trinajstić information content (AvgIpc) is 2.77. The van der Waals surface area contributed by atoms with Gasteiger partial charge in [0.25, 0.3) is 0 Å². The van der Waals surface area contributed by atoms with Crippen LogP contribution in [0.1, 0.15) is 22.4 Å². The van der Waals surface area contributed by atoms with Crippen molar-refractivity contribution in [2.75, 3.05) is 0 Å². The molecular formula is C13H16N2S. The van der Waals surface area contributed by atoms with Crippen LogP contribution in [0.4, 0.5) is 0 Å². The minimum absolute atomic E-state index is 0.844. The number of nitrogens with zero attached hydrogens (tertiary/aromatic N) is 1. The van der Waals surface area contributed by atoms with E-state index in [2.05, 4.69) is 47.7 Å². The van der Waals surface area contributed by atoms with E-state index in [4.69, 9.17) is 0 Å². The van der Waals surface area contributed by atoms with Crippen molar-refractivity contribution >= 4 is 11.3 Å². The molecule has 0 saturated carbocycles. The highest BCUT2D eigenvalue weighted by Gasteiger charge is 2.00. The quantitative estimate of drug-likeness (QED) is 0.876. The molecule has 0 fully saturated rings. The summed E-state index contributed by atoms with van der Waals surface area (Å²) in [6.45, 7) is 6.08.